The van der Waals surface area contributed by atoms with Crippen molar-refractivity contribution >= 4 is 28.5 Å². The number of aromatic nitrogens is 2. The SMILES string of the molecule is Cc1cc(=O)oc2cc(OCC(=O)OCC(=O)c3c(N)n(C)c(=O)n(C)c3=O)ccc12. The summed E-state index contributed by atoms with van der Waals surface area (Å²) in [6, 6.07) is 6.08. The smallest absolute Gasteiger partial charge is 0.344 e. The summed E-state index contributed by atoms with van der Waals surface area (Å²) in [5.74, 6) is -1.80. The molecule has 31 heavy (non-hydrogen) atoms. The topological polar surface area (TPSA) is 153 Å². The van der Waals surface area contributed by atoms with E-state index >= 15 is 0 Å². The number of anilines is 1. The lowest BCUT2D eigenvalue weighted by Crippen LogP contribution is -2.42. The third kappa shape index (κ3) is 4.25. The van der Waals surface area contributed by atoms with E-state index < -0.39 is 47.4 Å². The van der Waals surface area contributed by atoms with Gasteiger partial charge in [-0.2, -0.15) is 0 Å². The molecule has 2 heterocycles. The first-order valence-electron chi connectivity index (χ1n) is 9.01. The predicted octanol–water partition coefficient (Wildman–Crippen LogP) is -0.114. The largest absolute Gasteiger partial charge is 0.482 e. The fraction of sp³-hybridized carbons (Fsp3) is 0.250. The van der Waals surface area contributed by atoms with Crippen LogP contribution in [0, 0.1) is 6.92 Å². The zero-order valence-electron chi connectivity index (χ0n) is 17.0. The van der Waals surface area contributed by atoms with E-state index in [1.165, 1.54) is 26.2 Å². The molecule has 0 aliphatic carbocycles. The van der Waals surface area contributed by atoms with Gasteiger partial charge in [-0.3, -0.25) is 18.7 Å². The van der Waals surface area contributed by atoms with Crippen molar-refractivity contribution in [1.29, 1.82) is 0 Å². The van der Waals surface area contributed by atoms with Crippen LogP contribution in [0.4, 0.5) is 5.82 Å². The highest BCUT2D eigenvalue weighted by molar-refractivity contribution is 6.01. The van der Waals surface area contributed by atoms with Gasteiger partial charge in [-0.1, -0.05) is 0 Å². The van der Waals surface area contributed by atoms with Gasteiger partial charge in [-0.15, -0.1) is 0 Å². The van der Waals surface area contributed by atoms with Crippen LogP contribution in [0.3, 0.4) is 0 Å². The zero-order valence-corrected chi connectivity index (χ0v) is 17.0. The summed E-state index contributed by atoms with van der Waals surface area (Å²) in [7, 11) is 2.51. The average Bonchev–Trinajstić information content (AvgIpc) is 2.73. The van der Waals surface area contributed by atoms with Crippen LogP contribution >= 0.6 is 0 Å². The molecule has 0 saturated heterocycles. The molecule has 2 aromatic heterocycles. The molecule has 3 rings (SSSR count). The number of hydrogen-bond donors (Lipinski definition) is 1. The van der Waals surface area contributed by atoms with E-state index in [1.807, 2.05) is 0 Å². The molecule has 162 valence electrons. The number of nitrogens with zero attached hydrogens (tertiary/aromatic N) is 2. The van der Waals surface area contributed by atoms with Crippen LogP contribution in [0.1, 0.15) is 15.9 Å². The second-order valence-corrected chi connectivity index (χ2v) is 6.74. The van der Waals surface area contributed by atoms with Crippen LogP contribution in [0.25, 0.3) is 11.0 Å². The van der Waals surface area contributed by atoms with E-state index in [0.29, 0.717) is 5.58 Å². The maximum Gasteiger partial charge on any atom is 0.344 e. The Bertz CT molecular complexity index is 1380. The van der Waals surface area contributed by atoms with Crippen LogP contribution in [-0.4, -0.2) is 34.1 Å². The predicted molar refractivity (Wildman–Crippen MR) is 109 cm³/mol. The van der Waals surface area contributed by atoms with Crippen LogP contribution in [0.15, 0.2) is 43.1 Å². The number of fused-ring (bicyclic) bond motifs is 1. The van der Waals surface area contributed by atoms with Gasteiger partial charge >= 0.3 is 17.3 Å². The molecular weight excluding hydrogens is 410 g/mol. The second kappa shape index (κ2) is 8.30. The summed E-state index contributed by atoms with van der Waals surface area (Å²) in [5.41, 5.74) is 4.20. The molecule has 1 aromatic carbocycles. The van der Waals surface area contributed by atoms with E-state index in [4.69, 9.17) is 19.6 Å². The van der Waals surface area contributed by atoms with Crippen LogP contribution in [-0.2, 0) is 23.6 Å². The molecule has 0 amide bonds. The van der Waals surface area contributed by atoms with Gasteiger partial charge in [0.2, 0.25) is 5.78 Å². The zero-order chi connectivity index (χ0) is 22.9. The summed E-state index contributed by atoms with van der Waals surface area (Å²) in [6.07, 6.45) is 0. The first kappa shape index (κ1) is 21.6. The van der Waals surface area contributed by atoms with Gasteiger partial charge in [0.1, 0.15) is 22.7 Å². The van der Waals surface area contributed by atoms with E-state index in [2.05, 4.69) is 0 Å². The lowest BCUT2D eigenvalue weighted by molar-refractivity contribution is -0.144. The van der Waals surface area contributed by atoms with Gasteiger partial charge in [0.25, 0.3) is 5.56 Å². The maximum atomic E-state index is 12.3. The third-order valence-electron chi connectivity index (χ3n) is 4.63. The third-order valence-corrected chi connectivity index (χ3v) is 4.63. The van der Waals surface area contributed by atoms with E-state index in [1.54, 1.807) is 19.1 Å². The number of aryl methyl sites for hydroxylation is 1. The van der Waals surface area contributed by atoms with Crippen molar-refractivity contribution in [3.05, 3.63) is 66.7 Å². The first-order chi connectivity index (χ1) is 14.6. The number of esters is 1. The number of rotatable bonds is 6. The Morgan fingerprint density at radius 3 is 2.48 bits per heavy atom. The van der Waals surface area contributed by atoms with Crippen molar-refractivity contribution in [1.82, 2.24) is 9.13 Å². The van der Waals surface area contributed by atoms with Crippen molar-refractivity contribution in [2.24, 2.45) is 14.1 Å². The van der Waals surface area contributed by atoms with Crippen molar-refractivity contribution in [3.63, 3.8) is 0 Å². The Kier molecular flexibility index (Phi) is 5.77. The molecule has 11 nitrogen and oxygen atoms in total. The Morgan fingerprint density at radius 2 is 1.77 bits per heavy atom. The fourth-order valence-corrected chi connectivity index (χ4v) is 2.92. The molecule has 3 aromatic rings. The minimum Gasteiger partial charge on any atom is -0.482 e. The van der Waals surface area contributed by atoms with E-state index in [-0.39, 0.29) is 11.6 Å². The van der Waals surface area contributed by atoms with Gasteiger partial charge in [-0.05, 0) is 24.6 Å². The summed E-state index contributed by atoms with van der Waals surface area (Å²) in [5, 5.41) is 0.719. The highest BCUT2D eigenvalue weighted by atomic mass is 16.6. The molecule has 0 atom stereocenters. The fourth-order valence-electron chi connectivity index (χ4n) is 2.92. The van der Waals surface area contributed by atoms with Gasteiger partial charge in [0.15, 0.2) is 13.2 Å². The molecule has 0 saturated carbocycles. The molecule has 2 N–H and O–H groups in total. The molecule has 0 radical (unpaired) electrons. The quantitative estimate of drug-likeness (QED) is 0.321. The number of nitrogens with two attached hydrogens (primary N) is 1. The second-order valence-electron chi connectivity index (χ2n) is 6.74. The summed E-state index contributed by atoms with van der Waals surface area (Å²) < 4.78 is 16.9. The Labute approximate surface area is 174 Å². The highest BCUT2D eigenvalue weighted by Gasteiger charge is 2.21. The van der Waals surface area contributed by atoms with Crippen molar-refractivity contribution in [2.75, 3.05) is 18.9 Å². The number of carbonyl (C=O) groups is 2. The van der Waals surface area contributed by atoms with Gasteiger partial charge in [0, 0.05) is 31.6 Å². The Hall–Kier alpha value is -4.15. The summed E-state index contributed by atoms with van der Waals surface area (Å²) in [6.45, 7) is 0.472. The number of Topliss-reactive ketones (excluding diaryl/α,β-unsaturated/α-hetero) is 1. The van der Waals surface area contributed by atoms with Crippen LogP contribution < -0.4 is 27.3 Å². The number of ether oxygens (including phenoxy) is 2. The lowest BCUT2D eigenvalue weighted by Gasteiger charge is -2.11. The number of hydrogen-bond acceptors (Lipinski definition) is 9. The highest BCUT2D eigenvalue weighted by Crippen LogP contribution is 2.22. The van der Waals surface area contributed by atoms with Crippen LogP contribution in [0.2, 0.25) is 0 Å². The van der Waals surface area contributed by atoms with E-state index in [9.17, 15) is 24.0 Å². The van der Waals surface area contributed by atoms with Crippen molar-refractivity contribution < 1.29 is 23.5 Å². The molecule has 0 fully saturated rings. The summed E-state index contributed by atoms with van der Waals surface area (Å²) in [4.78, 5) is 59.7. The molecule has 0 bridgehead atoms. The van der Waals surface area contributed by atoms with E-state index in [0.717, 1.165) is 20.1 Å². The van der Waals surface area contributed by atoms with Crippen LogP contribution in [0.5, 0.6) is 5.75 Å². The molecule has 0 unspecified atom stereocenters. The minimum atomic E-state index is -0.883. The Balaban J connectivity index is 1.66. The molecule has 0 spiro atoms. The maximum absolute atomic E-state index is 12.3. The Morgan fingerprint density at radius 1 is 1.06 bits per heavy atom. The lowest BCUT2D eigenvalue weighted by atomic mass is 10.1. The number of ketones is 1. The average molecular weight is 429 g/mol. The molecule has 0 aliphatic rings. The number of carbonyl (C=O) groups excluding carboxylic acids is 2. The minimum absolute atomic E-state index is 0.251. The molecule has 11 heteroatoms. The monoisotopic (exact) mass is 429 g/mol. The van der Waals surface area contributed by atoms with Gasteiger partial charge in [0.05, 0.1) is 0 Å². The summed E-state index contributed by atoms with van der Waals surface area (Å²) >= 11 is 0. The first-order valence-corrected chi connectivity index (χ1v) is 9.01. The van der Waals surface area contributed by atoms with Crippen molar-refractivity contribution in [3.8, 4) is 5.75 Å². The van der Waals surface area contributed by atoms with Crippen molar-refractivity contribution in [2.45, 2.75) is 6.92 Å². The normalized spacial score (nSPS) is 10.8. The van der Waals surface area contributed by atoms with Gasteiger partial charge < -0.3 is 19.6 Å². The molecule has 0 aliphatic heterocycles. The number of nitrogen functional groups attached to an aromatic ring is 1. The molecular formula is C20H19N3O8. The standard InChI is InChI=1S/C20H19N3O8/c1-10-6-15(25)31-14-7-11(4-5-12(10)14)29-9-16(26)30-8-13(24)17-18(21)22(2)20(28)23(3)19(17)27/h4-7H,8-9,21H2,1-3H3. The van der Waals surface area contributed by atoms with Gasteiger partial charge in [-0.25, -0.2) is 14.4 Å². The number of benzene rings is 1.